The number of pyridine rings is 1. The molecule has 3 aliphatic rings. The topological polar surface area (TPSA) is 293 Å². The Hall–Kier alpha value is -3.69. The van der Waals surface area contributed by atoms with E-state index in [1.807, 2.05) is 38.9 Å². The highest BCUT2D eigenvalue weighted by Crippen LogP contribution is 2.42. The number of aliphatic hydroxyl groups excluding tert-OH is 2. The van der Waals surface area contributed by atoms with Gasteiger partial charge in [0.25, 0.3) is 10.1 Å². The molecule has 22 nitrogen and oxygen atoms in total. The molecular weight excluding hydrogens is 1040 g/mol. The summed E-state index contributed by atoms with van der Waals surface area (Å²) in [7, 11) is 2.23. The Morgan fingerprint density at radius 1 is 0.949 bits per heavy atom. The van der Waals surface area contributed by atoms with Crippen molar-refractivity contribution in [3.63, 3.8) is 0 Å². The summed E-state index contributed by atoms with van der Waals surface area (Å²) in [6.07, 6.45) is -8.42. The third-order valence-electron chi connectivity index (χ3n) is 16.3. The summed E-state index contributed by atoms with van der Waals surface area (Å²) in [5, 5.41) is 65.8. The summed E-state index contributed by atoms with van der Waals surface area (Å²) in [5.41, 5.74) is -4.26. The number of fused-ring (bicyclic) bond motifs is 1. The number of carbonyl (C=O) groups is 2. The Kier molecular flexibility index (Phi) is 22.5. The largest absolute Gasteiger partial charge is 0.477 e. The Labute approximate surface area is 460 Å². The molecule has 4 heterocycles. The smallest absolute Gasteiger partial charge is 0.341 e. The lowest BCUT2D eigenvalue weighted by Crippen LogP contribution is -2.61. The summed E-state index contributed by atoms with van der Waals surface area (Å²) >= 11 is 0. The molecule has 0 unspecified atom stereocenters. The standard InChI is InChI=1S/C55H90N4O18S/c1-16-41-55(11,67)47(62)32(5)43(57-71-15)30(3)27-53(9,66)48(76-52-45(61)40(58(12)13)25-31(4)72-52)33(6)46(34(7)51(65)74-41)75-42-28-54(10,70-14)49(35(8)73-42)77-78(68,69)24-23-56-22-18-19-36-20-21-39-37(26-36)44(60)38(50(63)64)29-59(39)17-2/h20-21,26,29-35,40-42,45-49,52,56,61-62,66-67H,16-19,22-25,27-28H2,1-15H3,(H,63,64)/t30-,31-,32+,33+,34-,35+,40+,41-,42+,45-,46+,47-,48-,49+,52+,53-,54-,55-/m1/s1. The van der Waals surface area contributed by atoms with Crippen molar-refractivity contribution in [2.45, 2.75) is 205 Å². The molecule has 5 rings (SSSR count). The zero-order valence-electron chi connectivity index (χ0n) is 48.3. The van der Waals surface area contributed by atoms with E-state index in [0.717, 1.165) is 5.56 Å². The quantitative estimate of drug-likeness (QED) is 0.0504. The van der Waals surface area contributed by atoms with E-state index in [4.69, 9.17) is 37.4 Å². The first kappa shape index (κ1) is 65.1. The number of hydrogen-bond acceptors (Lipinski definition) is 20. The van der Waals surface area contributed by atoms with E-state index in [-0.39, 0.29) is 43.5 Å². The minimum atomic E-state index is -4.21. The number of aromatic nitrogens is 1. The average molecular weight is 1130 g/mol. The molecule has 3 fully saturated rings. The number of likely N-dealkylation sites (N-methyl/N-ethyl adjacent to an activating group) is 1. The van der Waals surface area contributed by atoms with E-state index in [1.165, 1.54) is 27.3 Å². The SMILES string of the molecule is CC[C@H]1OC(=O)[C@H](C)[C@@H](O[C@H]2C[C@@](C)(OC)[C@@H](OS(=O)(=O)CCNCCCc3ccc4c(c3)c(=O)c(C(=O)O)cn4CC)[C@H](C)O2)[C@H](C)[C@@H](O[C@@H]2O[C@H](C)C[C@H](N(C)C)[C@H]2O)[C@](C)(O)C[C@@H](C)C(=NOC)[C@H](C)[C@@H](O)[C@]1(C)O. The number of rotatable bonds is 19. The van der Waals surface area contributed by atoms with Gasteiger partial charge in [-0.3, -0.25) is 13.8 Å². The van der Waals surface area contributed by atoms with Gasteiger partial charge in [0.15, 0.2) is 12.6 Å². The number of cyclic esters (lactones) is 1. The van der Waals surface area contributed by atoms with Crippen LogP contribution in [0.25, 0.3) is 10.9 Å². The number of nitrogens with one attached hydrogen (secondary N) is 1. The first-order valence-electron chi connectivity index (χ1n) is 27.3. The Bertz CT molecular complexity index is 2540. The van der Waals surface area contributed by atoms with Crippen LogP contribution in [0, 0.1) is 23.7 Å². The summed E-state index contributed by atoms with van der Waals surface area (Å²) in [6.45, 7) is 19.4. The number of hydrogen-bond donors (Lipinski definition) is 6. The van der Waals surface area contributed by atoms with Crippen molar-refractivity contribution in [2.24, 2.45) is 28.8 Å². The molecule has 6 N–H and O–H groups in total. The van der Waals surface area contributed by atoms with Gasteiger partial charge < -0.3 is 73.6 Å². The van der Waals surface area contributed by atoms with Crippen LogP contribution in [0.15, 0.2) is 34.3 Å². The fraction of sp³-hybridized carbons (Fsp3) is 0.782. The highest BCUT2D eigenvalue weighted by atomic mass is 32.2. The molecule has 0 amide bonds. The van der Waals surface area contributed by atoms with Gasteiger partial charge in [-0.2, -0.15) is 8.42 Å². The van der Waals surface area contributed by atoms with Crippen LogP contribution in [-0.2, 0) is 65.3 Å². The predicted molar refractivity (Wildman–Crippen MR) is 290 cm³/mol. The second-order valence-corrected chi connectivity index (χ2v) is 24.5. The van der Waals surface area contributed by atoms with Crippen LogP contribution in [-0.4, -0.2) is 192 Å². The van der Waals surface area contributed by atoms with E-state index in [2.05, 4.69) is 10.5 Å². The molecule has 78 heavy (non-hydrogen) atoms. The Balaban J connectivity index is 1.38. The molecule has 0 aliphatic carbocycles. The van der Waals surface area contributed by atoms with Gasteiger partial charge in [-0.15, -0.1) is 0 Å². The third-order valence-corrected chi connectivity index (χ3v) is 17.5. The number of carboxylic acid groups (broad SMARTS) is 1. The highest BCUT2D eigenvalue weighted by Gasteiger charge is 2.54. The van der Waals surface area contributed by atoms with Crippen LogP contribution >= 0.6 is 0 Å². The number of aryl methyl sites for hydroxylation is 2. The van der Waals surface area contributed by atoms with Gasteiger partial charge in [-0.05, 0) is 119 Å². The molecule has 2 aromatic rings. The molecule has 0 saturated carbocycles. The molecule has 444 valence electrons. The zero-order chi connectivity index (χ0) is 58.4. The number of carbonyl (C=O) groups excluding carboxylic acids is 1. The molecule has 23 heteroatoms. The minimum absolute atomic E-state index is 0.0460. The van der Waals surface area contributed by atoms with Crippen LogP contribution in [0.3, 0.4) is 0 Å². The summed E-state index contributed by atoms with van der Waals surface area (Å²) in [6, 6.07) is 5.01. The Morgan fingerprint density at radius 2 is 1.63 bits per heavy atom. The third kappa shape index (κ3) is 15.0. The summed E-state index contributed by atoms with van der Waals surface area (Å²) in [5.74, 6) is -6.10. The van der Waals surface area contributed by atoms with Crippen molar-refractivity contribution in [3.8, 4) is 0 Å². The van der Waals surface area contributed by atoms with Crippen LogP contribution in [0.2, 0.25) is 0 Å². The molecule has 0 bridgehead atoms. The average Bonchev–Trinajstić information content (AvgIpc) is 3.49. The van der Waals surface area contributed by atoms with Crippen LogP contribution in [0.5, 0.6) is 0 Å². The fourth-order valence-corrected chi connectivity index (χ4v) is 13.0. The predicted octanol–water partition coefficient (Wildman–Crippen LogP) is 3.83. The molecule has 1 aromatic carbocycles. The summed E-state index contributed by atoms with van der Waals surface area (Å²) < 4.78 is 73.4. The molecule has 3 aliphatic heterocycles. The zero-order valence-corrected chi connectivity index (χ0v) is 49.2. The maximum atomic E-state index is 14.6. The maximum absolute atomic E-state index is 14.6. The van der Waals surface area contributed by atoms with Crippen molar-refractivity contribution >= 4 is 38.7 Å². The first-order valence-corrected chi connectivity index (χ1v) is 28.9. The van der Waals surface area contributed by atoms with Gasteiger partial charge >= 0.3 is 11.9 Å². The second-order valence-electron chi connectivity index (χ2n) is 22.8. The lowest BCUT2D eigenvalue weighted by atomic mass is 9.73. The summed E-state index contributed by atoms with van der Waals surface area (Å²) in [4.78, 5) is 46.5. The lowest BCUT2D eigenvalue weighted by Gasteiger charge is -2.49. The van der Waals surface area contributed by atoms with E-state index in [9.17, 15) is 48.3 Å². The minimum Gasteiger partial charge on any atom is -0.477 e. The molecule has 18 atom stereocenters. The van der Waals surface area contributed by atoms with E-state index < -0.39 is 129 Å². The lowest BCUT2D eigenvalue weighted by molar-refractivity contribution is -0.316. The highest BCUT2D eigenvalue weighted by molar-refractivity contribution is 7.86. The molecule has 0 radical (unpaired) electrons. The fourth-order valence-electron chi connectivity index (χ4n) is 11.8. The number of oxime groups is 1. The molecule has 1 aromatic heterocycles. The van der Waals surface area contributed by atoms with Crippen molar-refractivity contribution in [3.05, 3.63) is 45.7 Å². The number of aromatic carboxylic acids is 1. The van der Waals surface area contributed by atoms with Crippen molar-refractivity contribution < 1.29 is 81.0 Å². The van der Waals surface area contributed by atoms with Gasteiger partial charge in [0.2, 0.25) is 5.43 Å². The number of aliphatic hydroxyl groups is 4. The first-order chi connectivity index (χ1) is 36.4. The van der Waals surface area contributed by atoms with Gasteiger partial charge in [-0.1, -0.05) is 38.9 Å². The van der Waals surface area contributed by atoms with Crippen molar-refractivity contribution in [1.82, 2.24) is 14.8 Å². The van der Waals surface area contributed by atoms with Gasteiger partial charge in [0.1, 0.15) is 36.6 Å². The van der Waals surface area contributed by atoms with E-state index >= 15 is 0 Å². The van der Waals surface area contributed by atoms with Crippen molar-refractivity contribution in [2.75, 3.05) is 47.2 Å². The van der Waals surface area contributed by atoms with Gasteiger partial charge in [-0.25, -0.2) is 4.79 Å². The maximum Gasteiger partial charge on any atom is 0.341 e. The van der Waals surface area contributed by atoms with Crippen LogP contribution in [0.4, 0.5) is 0 Å². The number of nitrogens with zero attached hydrogens (tertiary/aromatic N) is 3. The Morgan fingerprint density at radius 3 is 2.23 bits per heavy atom. The van der Waals surface area contributed by atoms with Crippen LogP contribution < -0.4 is 10.7 Å². The van der Waals surface area contributed by atoms with Crippen molar-refractivity contribution in [1.29, 1.82) is 0 Å². The molecule has 3 saturated heterocycles. The van der Waals surface area contributed by atoms with Crippen LogP contribution in [0.1, 0.15) is 124 Å². The number of esters is 1. The number of methoxy groups -OCH3 is 1. The molecular formula is C55H90N4O18S. The molecule has 0 spiro atoms. The van der Waals surface area contributed by atoms with E-state index in [0.29, 0.717) is 49.0 Å². The number of benzene rings is 1. The van der Waals surface area contributed by atoms with Gasteiger partial charge in [0.05, 0.1) is 64.6 Å². The van der Waals surface area contributed by atoms with Gasteiger partial charge in [0, 0.05) is 62.0 Å². The monoisotopic (exact) mass is 1130 g/mol. The number of ether oxygens (including phenoxy) is 6. The van der Waals surface area contributed by atoms with E-state index in [1.54, 1.807) is 72.1 Å². The second kappa shape index (κ2) is 26.9. The number of carboxylic acids is 1. The normalized spacial score (nSPS) is 37.3.